The molecule has 1 aromatic heterocycles. The number of aryl methyl sites for hydroxylation is 1. The van der Waals surface area contributed by atoms with Crippen LogP contribution in [0.3, 0.4) is 0 Å². The predicted molar refractivity (Wildman–Crippen MR) is 86.4 cm³/mol. The third kappa shape index (κ3) is 2.60. The first-order valence-electron chi connectivity index (χ1n) is 8.19. The lowest BCUT2D eigenvalue weighted by atomic mass is 9.96. The number of ether oxygens (including phenoxy) is 1. The van der Waals surface area contributed by atoms with E-state index in [4.69, 9.17) is 4.74 Å². The van der Waals surface area contributed by atoms with Crippen molar-refractivity contribution >= 4 is 5.91 Å². The van der Waals surface area contributed by atoms with Crippen LogP contribution >= 0.6 is 0 Å². The van der Waals surface area contributed by atoms with Crippen LogP contribution in [0.1, 0.15) is 23.7 Å². The summed E-state index contributed by atoms with van der Waals surface area (Å²) in [6.45, 7) is 2.19. The topological polar surface area (TPSA) is 47.4 Å². The molecule has 0 spiro atoms. The molecule has 0 bridgehead atoms. The van der Waals surface area contributed by atoms with Gasteiger partial charge in [0, 0.05) is 44.5 Å². The van der Waals surface area contributed by atoms with Crippen molar-refractivity contribution in [2.45, 2.75) is 25.3 Å². The van der Waals surface area contributed by atoms with E-state index in [1.165, 1.54) is 0 Å². The Morgan fingerprint density at radius 2 is 2.30 bits per heavy atom. The maximum absolute atomic E-state index is 12.8. The first kappa shape index (κ1) is 14.3. The summed E-state index contributed by atoms with van der Waals surface area (Å²) >= 11 is 0. The molecule has 5 heteroatoms. The molecule has 2 aliphatic heterocycles. The van der Waals surface area contributed by atoms with Gasteiger partial charge in [0.05, 0.1) is 0 Å². The molecule has 2 aromatic rings. The van der Waals surface area contributed by atoms with Crippen molar-refractivity contribution in [2.75, 3.05) is 20.2 Å². The molecule has 5 nitrogen and oxygen atoms in total. The minimum absolute atomic E-state index is 0.159. The van der Waals surface area contributed by atoms with Gasteiger partial charge < -0.3 is 14.2 Å². The molecular formula is C18H21N3O2. The zero-order chi connectivity index (χ0) is 15.8. The van der Waals surface area contributed by atoms with E-state index in [0.29, 0.717) is 12.5 Å². The summed E-state index contributed by atoms with van der Waals surface area (Å²) in [5.41, 5.74) is 1.02. The summed E-state index contributed by atoms with van der Waals surface area (Å²) < 4.78 is 7.86. The van der Waals surface area contributed by atoms with Crippen LogP contribution in [0.2, 0.25) is 0 Å². The van der Waals surface area contributed by atoms with Crippen LogP contribution < -0.4 is 4.74 Å². The van der Waals surface area contributed by atoms with Crippen LogP contribution in [0.15, 0.2) is 36.7 Å². The third-order valence-electron chi connectivity index (χ3n) is 4.94. The molecule has 0 unspecified atom stereocenters. The molecule has 3 heterocycles. The zero-order valence-corrected chi connectivity index (χ0v) is 13.3. The fraction of sp³-hybridized carbons (Fsp3) is 0.444. The number of hydrogen-bond acceptors (Lipinski definition) is 3. The van der Waals surface area contributed by atoms with Crippen molar-refractivity contribution in [3.63, 3.8) is 0 Å². The first-order chi connectivity index (χ1) is 11.2. The number of fused-ring (bicyclic) bond motifs is 2. The van der Waals surface area contributed by atoms with Crippen LogP contribution in [-0.4, -0.2) is 40.6 Å². The van der Waals surface area contributed by atoms with E-state index in [0.717, 1.165) is 43.1 Å². The van der Waals surface area contributed by atoms with Crippen LogP contribution in [0.5, 0.6) is 5.75 Å². The van der Waals surface area contributed by atoms with Gasteiger partial charge in [0.1, 0.15) is 24.1 Å². The second kappa shape index (κ2) is 5.72. The van der Waals surface area contributed by atoms with Gasteiger partial charge in [-0.2, -0.15) is 0 Å². The Morgan fingerprint density at radius 1 is 1.43 bits per heavy atom. The lowest BCUT2D eigenvalue weighted by molar-refractivity contribution is -0.132. The molecule has 0 saturated carbocycles. The van der Waals surface area contributed by atoms with E-state index in [1.54, 1.807) is 0 Å². The maximum Gasteiger partial charge on any atom is 0.233 e. The Morgan fingerprint density at radius 3 is 3.22 bits per heavy atom. The summed E-state index contributed by atoms with van der Waals surface area (Å²) in [6, 6.07) is 7.84. The smallest absolute Gasteiger partial charge is 0.233 e. The molecule has 1 aromatic carbocycles. The van der Waals surface area contributed by atoms with E-state index < -0.39 is 0 Å². The highest BCUT2D eigenvalue weighted by atomic mass is 16.5. The number of para-hydroxylation sites is 1. The second-order valence-electron chi connectivity index (χ2n) is 6.52. The number of benzene rings is 1. The Balaban J connectivity index is 1.42. The number of carbonyl (C=O) groups excluding carboxylic acids is 1. The summed E-state index contributed by atoms with van der Waals surface area (Å²) in [4.78, 5) is 19.0. The van der Waals surface area contributed by atoms with Crippen LogP contribution in [0.25, 0.3) is 0 Å². The zero-order valence-electron chi connectivity index (χ0n) is 13.3. The average molecular weight is 311 g/mol. The Bertz CT molecular complexity index is 725. The number of aromatic nitrogens is 2. The molecule has 0 radical (unpaired) electrons. The summed E-state index contributed by atoms with van der Waals surface area (Å²) in [7, 11) is 1.91. The van der Waals surface area contributed by atoms with Crippen molar-refractivity contribution in [3.05, 3.63) is 48.0 Å². The highest BCUT2D eigenvalue weighted by Crippen LogP contribution is 2.34. The van der Waals surface area contributed by atoms with Crippen molar-refractivity contribution in [3.8, 4) is 5.75 Å². The van der Waals surface area contributed by atoms with E-state index in [2.05, 4.69) is 9.55 Å². The third-order valence-corrected chi connectivity index (χ3v) is 4.94. The number of likely N-dealkylation sites (N-methyl/N-ethyl adjacent to an activating group) is 1. The van der Waals surface area contributed by atoms with Crippen molar-refractivity contribution in [2.24, 2.45) is 5.92 Å². The van der Waals surface area contributed by atoms with E-state index in [9.17, 15) is 4.79 Å². The number of carbonyl (C=O) groups is 1. The van der Waals surface area contributed by atoms with Crippen LogP contribution in [-0.2, 0) is 17.8 Å². The Kier molecular flexibility index (Phi) is 3.56. The van der Waals surface area contributed by atoms with E-state index in [1.807, 2.05) is 48.6 Å². The minimum Gasteiger partial charge on any atom is -0.492 e. The molecule has 0 saturated heterocycles. The molecule has 2 atom stereocenters. The molecule has 0 aliphatic carbocycles. The fourth-order valence-electron chi connectivity index (χ4n) is 3.70. The number of imidazole rings is 1. The van der Waals surface area contributed by atoms with Gasteiger partial charge in [-0.1, -0.05) is 18.2 Å². The maximum atomic E-state index is 12.8. The van der Waals surface area contributed by atoms with E-state index >= 15 is 0 Å². The summed E-state index contributed by atoms with van der Waals surface area (Å²) in [5, 5.41) is 0. The lowest BCUT2D eigenvalue weighted by Gasteiger charge is -2.29. The highest BCUT2D eigenvalue weighted by molar-refractivity contribution is 5.85. The van der Waals surface area contributed by atoms with Gasteiger partial charge in [-0.05, 0) is 18.4 Å². The van der Waals surface area contributed by atoms with E-state index in [-0.39, 0.29) is 11.8 Å². The molecule has 2 aliphatic rings. The van der Waals surface area contributed by atoms with Gasteiger partial charge in [-0.25, -0.2) is 4.98 Å². The normalized spacial score (nSPS) is 22.1. The van der Waals surface area contributed by atoms with Gasteiger partial charge in [0.25, 0.3) is 0 Å². The minimum atomic E-state index is -0.163. The average Bonchev–Trinajstić information content (AvgIpc) is 3.20. The lowest BCUT2D eigenvalue weighted by Crippen LogP contribution is -2.38. The molecule has 0 N–H and O–H groups in total. The van der Waals surface area contributed by atoms with Gasteiger partial charge >= 0.3 is 0 Å². The van der Waals surface area contributed by atoms with Gasteiger partial charge in [-0.3, -0.25) is 4.79 Å². The second-order valence-corrected chi connectivity index (χ2v) is 6.52. The van der Waals surface area contributed by atoms with Gasteiger partial charge in [0.2, 0.25) is 5.91 Å². The molecule has 23 heavy (non-hydrogen) atoms. The number of rotatable bonds is 3. The van der Waals surface area contributed by atoms with Crippen LogP contribution in [0, 0.1) is 5.92 Å². The standard InChI is InChI=1S/C18H21N3O2/c1-20(10-13-6-7-17-19-8-9-21(17)11-13)18(22)15-12-23-16-5-3-2-4-14(15)16/h2-5,8-9,13,15H,6-7,10-12H2,1H3/t13-,15-/m0/s1. The molecular weight excluding hydrogens is 290 g/mol. The van der Waals surface area contributed by atoms with Gasteiger partial charge in [0.15, 0.2) is 0 Å². The predicted octanol–water partition coefficient (Wildman–Crippen LogP) is 2.08. The Hall–Kier alpha value is -2.30. The molecule has 1 amide bonds. The number of amides is 1. The van der Waals surface area contributed by atoms with Crippen molar-refractivity contribution in [1.29, 1.82) is 0 Å². The molecule has 4 rings (SSSR count). The highest BCUT2D eigenvalue weighted by Gasteiger charge is 2.33. The largest absolute Gasteiger partial charge is 0.492 e. The number of hydrogen-bond donors (Lipinski definition) is 0. The molecule has 120 valence electrons. The van der Waals surface area contributed by atoms with Crippen molar-refractivity contribution < 1.29 is 9.53 Å². The van der Waals surface area contributed by atoms with Crippen LogP contribution in [0.4, 0.5) is 0 Å². The first-order valence-corrected chi connectivity index (χ1v) is 8.19. The fourth-order valence-corrected chi connectivity index (χ4v) is 3.70. The summed E-state index contributed by atoms with van der Waals surface area (Å²) in [6.07, 6.45) is 5.98. The monoisotopic (exact) mass is 311 g/mol. The number of nitrogens with zero attached hydrogens (tertiary/aromatic N) is 3. The summed E-state index contributed by atoms with van der Waals surface area (Å²) in [5.74, 6) is 2.49. The molecule has 0 fully saturated rings. The SMILES string of the molecule is CN(C[C@@H]1CCc2nccn2C1)C(=O)[C@H]1COc2ccccc21. The quantitative estimate of drug-likeness (QED) is 0.872. The van der Waals surface area contributed by atoms with Gasteiger partial charge in [-0.15, -0.1) is 0 Å². The van der Waals surface area contributed by atoms with Crippen molar-refractivity contribution in [1.82, 2.24) is 14.5 Å². The Labute approximate surface area is 135 Å².